The van der Waals surface area contributed by atoms with E-state index in [1.165, 1.54) is 0 Å². The van der Waals surface area contributed by atoms with Gasteiger partial charge in [0.1, 0.15) is 17.6 Å². The van der Waals surface area contributed by atoms with Gasteiger partial charge in [-0.3, -0.25) is 9.78 Å². The number of carbonyl (C=O) groups excluding carboxylic acids is 1. The molecule has 2 aromatic heterocycles. The summed E-state index contributed by atoms with van der Waals surface area (Å²) >= 11 is 6.31. The molecule has 6 heteroatoms. The van der Waals surface area contributed by atoms with Gasteiger partial charge in [0.15, 0.2) is 0 Å². The van der Waals surface area contributed by atoms with Crippen LogP contribution in [0, 0.1) is 0 Å². The molecule has 3 rings (SSSR count). The normalized spacial score (nSPS) is 11.9. The van der Waals surface area contributed by atoms with Crippen molar-refractivity contribution in [3.05, 3.63) is 83.2 Å². The molecule has 0 bridgehead atoms. The Hall–Kier alpha value is -2.66. The van der Waals surface area contributed by atoms with Crippen LogP contribution in [0.15, 0.2) is 61.1 Å². The van der Waals surface area contributed by atoms with Gasteiger partial charge < -0.3 is 9.88 Å². The van der Waals surface area contributed by atoms with Gasteiger partial charge in [-0.1, -0.05) is 35.9 Å². The Balaban J connectivity index is 1.98. The van der Waals surface area contributed by atoms with E-state index in [0.717, 1.165) is 5.56 Å². The van der Waals surface area contributed by atoms with Crippen molar-refractivity contribution in [1.82, 2.24) is 19.9 Å². The highest BCUT2D eigenvalue weighted by Crippen LogP contribution is 2.27. The molecule has 0 fully saturated rings. The first-order valence-electron chi connectivity index (χ1n) is 7.10. The Kier molecular flexibility index (Phi) is 4.39. The predicted molar refractivity (Wildman–Crippen MR) is 88.2 cm³/mol. The van der Waals surface area contributed by atoms with Crippen molar-refractivity contribution in [3.8, 4) is 0 Å². The fraction of sp³-hybridized carbons (Fsp3) is 0.118. The Morgan fingerprint density at radius 3 is 2.57 bits per heavy atom. The quantitative estimate of drug-likeness (QED) is 0.801. The molecule has 23 heavy (non-hydrogen) atoms. The zero-order chi connectivity index (χ0) is 16.2. The smallest absolute Gasteiger partial charge is 0.270 e. The van der Waals surface area contributed by atoms with E-state index in [4.69, 9.17) is 11.6 Å². The molecule has 1 N–H and O–H groups in total. The topological polar surface area (TPSA) is 59.8 Å². The predicted octanol–water partition coefficient (Wildman–Crippen LogP) is 2.99. The lowest BCUT2D eigenvalue weighted by Crippen LogP contribution is -2.31. The zero-order valence-electron chi connectivity index (χ0n) is 12.5. The van der Waals surface area contributed by atoms with Gasteiger partial charge in [0.25, 0.3) is 5.91 Å². The molecule has 0 aliphatic rings. The maximum Gasteiger partial charge on any atom is 0.270 e. The highest BCUT2D eigenvalue weighted by atomic mass is 35.5. The molecule has 2 heterocycles. The Morgan fingerprint density at radius 2 is 1.91 bits per heavy atom. The van der Waals surface area contributed by atoms with Crippen molar-refractivity contribution < 1.29 is 4.79 Å². The maximum atomic E-state index is 12.5. The van der Waals surface area contributed by atoms with Crippen LogP contribution in [0.1, 0.15) is 27.9 Å². The summed E-state index contributed by atoms with van der Waals surface area (Å²) in [5.41, 5.74) is 1.13. The van der Waals surface area contributed by atoms with E-state index in [2.05, 4.69) is 15.3 Å². The summed E-state index contributed by atoms with van der Waals surface area (Å²) in [7, 11) is 1.87. The van der Waals surface area contributed by atoms with Crippen molar-refractivity contribution in [3.63, 3.8) is 0 Å². The number of aryl methyl sites for hydroxylation is 1. The van der Waals surface area contributed by atoms with E-state index < -0.39 is 6.04 Å². The summed E-state index contributed by atoms with van der Waals surface area (Å²) in [5, 5.41) is 3.54. The summed E-state index contributed by atoms with van der Waals surface area (Å²) in [5.74, 6) is 0.418. The fourth-order valence-electron chi connectivity index (χ4n) is 2.35. The number of pyridine rings is 1. The number of aromatic nitrogens is 3. The molecule has 0 radical (unpaired) electrons. The molecule has 1 atom stereocenters. The van der Waals surface area contributed by atoms with Crippen LogP contribution in [0.25, 0.3) is 0 Å². The first-order valence-corrected chi connectivity index (χ1v) is 7.48. The van der Waals surface area contributed by atoms with Crippen molar-refractivity contribution in [2.24, 2.45) is 7.05 Å². The Bertz CT molecular complexity index is 816. The third kappa shape index (κ3) is 3.24. The molecule has 1 amide bonds. The first-order chi connectivity index (χ1) is 11.2. The van der Waals surface area contributed by atoms with Crippen LogP contribution in [0.4, 0.5) is 0 Å². The largest absolute Gasteiger partial charge is 0.337 e. The summed E-state index contributed by atoms with van der Waals surface area (Å²) < 4.78 is 1.85. The standard InChI is InChI=1S/C17H15ClN4O/c1-22-11-10-20-16(22)15(12-6-2-3-7-13(12)18)21-17(23)14-8-4-5-9-19-14/h2-11,15H,1H3,(H,21,23). The van der Waals surface area contributed by atoms with Gasteiger partial charge in [0, 0.05) is 36.2 Å². The number of hydrogen-bond acceptors (Lipinski definition) is 3. The van der Waals surface area contributed by atoms with Gasteiger partial charge in [-0.25, -0.2) is 4.98 Å². The van der Waals surface area contributed by atoms with Crippen LogP contribution in [-0.4, -0.2) is 20.4 Å². The van der Waals surface area contributed by atoms with Crippen molar-refractivity contribution in [2.45, 2.75) is 6.04 Å². The van der Waals surface area contributed by atoms with Crippen LogP contribution >= 0.6 is 11.6 Å². The van der Waals surface area contributed by atoms with Crippen molar-refractivity contribution >= 4 is 17.5 Å². The fourth-order valence-corrected chi connectivity index (χ4v) is 2.59. The number of halogens is 1. The molecule has 0 aliphatic heterocycles. The average molecular weight is 327 g/mol. The van der Waals surface area contributed by atoms with Gasteiger partial charge in [-0.15, -0.1) is 0 Å². The second-order valence-corrected chi connectivity index (χ2v) is 5.45. The van der Waals surface area contributed by atoms with Crippen LogP contribution < -0.4 is 5.32 Å². The van der Waals surface area contributed by atoms with Gasteiger partial charge in [0.2, 0.25) is 0 Å². The minimum atomic E-state index is -0.460. The maximum absolute atomic E-state index is 12.5. The number of nitrogens with zero attached hydrogens (tertiary/aromatic N) is 3. The Morgan fingerprint density at radius 1 is 1.13 bits per heavy atom. The SMILES string of the molecule is Cn1ccnc1C(NC(=O)c1ccccn1)c1ccccc1Cl. The molecule has 0 spiro atoms. The lowest BCUT2D eigenvalue weighted by molar-refractivity contribution is 0.0936. The second kappa shape index (κ2) is 6.62. The lowest BCUT2D eigenvalue weighted by atomic mass is 10.1. The van der Waals surface area contributed by atoms with E-state index in [1.807, 2.05) is 36.0 Å². The number of carbonyl (C=O) groups is 1. The van der Waals surface area contributed by atoms with E-state index >= 15 is 0 Å². The molecule has 1 aromatic carbocycles. The molecule has 0 aliphatic carbocycles. The number of amides is 1. The average Bonchev–Trinajstić information content (AvgIpc) is 3.00. The summed E-state index contributed by atoms with van der Waals surface area (Å²) in [6.07, 6.45) is 5.10. The van der Waals surface area contributed by atoms with E-state index in [-0.39, 0.29) is 5.91 Å². The summed E-state index contributed by atoms with van der Waals surface area (Å²) in [6.45, 7) is 0. The lowest BCUT2D eigenvalue weighted by Gasteiger charge is -2.20. The first kappa shape index (κ1) is 15.2. The van der Waals surface area contributed by atoms with E-state index in [1.54, 1.807) is 36.7 Å². The minimum Gasteiger partial charge on any atom is -0.337 e. The van der Waals surface area contributed by atoms with Crippen LogP contribution in [0.2, 0.25) is 5.02 Å². The van der Waals surface area contributed by atoms with Gasteiger partial charge >= 0.3 is 0 Å². The Labute approximate surface area is 139 Å². The second-order valence-electron chi connectivity index (χ2n) is 5.04. The molecular formula is C17H15ClN4O. The highest BCUT2D eigenvalue weighted by molar-refractivity contribution is 6.31. The molecule has 0 saturated carbocycles. The van der Waals surface area contributed by atoms with Crippen LogP contribution in [0.5, 0.6) is 0 Å². The molecule has 5 nitrogen and oxygen atoms in total. The molecule has 0 saturated heterocycles. The summed E-state index contributed by atoms with van der Waals surface area (Å²) in [4.78, 5) is 20.9. The number of benzene rings is 1. The van der Waals surface area contributed by atoms with Crippen molar-refractivity contribution in [1.29, 1.82) is 0 Å². The molecular weight excluding hydrogens is 312 g/mol. The van der Waals surface area contributed by atoms with Gasteiger partial charge in [-0.05, 0) is 18.2 Å². The van der Waals surface area contributed by atoms with Crippen LogP contribution in [-0.2, 0) is 7.05 Å². The van der Waals surface area contributed by atoms with E-state index in [9.17, 15) is 4.79 Å². The molecule has 3 aromatic rings. The molecule has 116 valence electrons. The number of nitrogens with one attached hydrogen (secondary N) is 1. The van der Waals surface area contributed by atoms with Gasteiger partial charge in [-0.2, -0.15) is 0 Å². The van der Waals surface area contributed by atoms with Crippen molar-refractivity contribution in [2.75, 3.05) is 0 Å². The van der Waals surface area contributed by atoms with E-state index in [0.29, 0.717) is 16.5 Å². The monoisotopic (exact) mass is 326 g/mol. The summed E-state index contributed by atoms with van der Waals surface area (Å²) in [6, 6.07) is 12.1. The highest BCUT2D eigenvalue weighted by Gasteiger charge is 2.23. The van der Waals surface area contributed by atoms with Crippen LogP contribution in [0.3, 0.4) is 0 Å². The van der Waals surface area contributed by atoms with Gasteiger partial charge in [0.05, 0.1) is 0 Å². The number of hydrogen-bond donors (Lipinski definition) is 1. The third-order valence-electron chi connectivity index (χ3n) is 3.51. The minimum absolute atomic E-state index is 0.279. The number of imidazole rings is 1. The molecule has 1 unspecified atom stereocenters. The zero-order valence-corrected chi connectivity index (χ0v) is 13.2. The third-order valence-corrected chi connectivity index (χ3v) is 3.85. The number of rotatable bonds is 4.